The topological polar surface area (TPSA) is 35.5 Å². The van der Waals surface area contributed by atoms with Crippen molar-refractivity contribution < 1.29 is 13.3 Å². The number of rotatable bonds is 8. The van der Waals surface area contributed by atoms with Gasteiger partial charge in [-0.25, -0.2) is 0 Å². The van der Waals surface area contributed by atoms with Crippen molar-refractivity contribution in [2.24, 2.45) is 0 Å². The van der Waals surface area contributed by atoms with Gasteiger partial charge in [0.1, 0.15) is 0 Å². The van der Waals surface area contributed by atoms with Crippen molar-refractivity contribution in [3.63, 3.8) is 0 Å². The van der Waals surface area contributed by atoms with Crippen molar-refractivity contribution in [2.45, 2.75) is 63.5 Å². The van der Waals surface area contributed by atoms with Crippen LogP contribution in [0.1, 0.15) is 53.4 Å². The lowest BCUT2D eigenvalue weighted by atomic mass is 10.2. The van der Waals surface area contributed by atoms with Gasteiger partial charge in [-0.2, -0.15) is 0 Å². The third kappa shape index (κ3) is 5.02. The Morgan fingerprint density at radius 1 is 0.875 bits per heavy atom. The van der Waals surface area contributed by atoms with Crippen LogP contribution in [0.5, 0.6) is 0 Å². The second-order valence-electron chi connectivity index (χ2n) is 3.63. The van der Waals surface area contributed by atoms with Gasteiger partial charge in [0, 0.05) is 0 Å². The minimum Gasteiger partial charge on any atom is -0.477 e. The van der Waals surface area contributed by atoms with Gasteiger partial charge in [0.05, 0.1) is 0 Å². The van der Waals surface area contributed by atoms with Crippen molar-refractivity contribution in [2.75, 3.05) is 0 Å². The molecule has 0 saturated carbocycles. The number of hydrogen-bond donors (Lipinski definition) is 0. The highest BCUT2D eigenvalue weighted by atomic mass is 35.5. The van der Waals surface area contributed by atoms with Crippen LogP contribution < -0.4 is 0 Å². The van der Waals surface area contributed by atoms with E-state index in [-0.39, 0.29) is 0 Å². The number of alkyl halides is 2. The lowest BCUT2D eigenvalue weighted by Gasteiger charge is -2.28. The molecule has 0 atom stereocenters. The van der Waals surface area contributed by atoms with Gasteiger partial charge in [-0.15, -0.1) is 0 Å². The number of hydrogen-bond acceptors (Lipinski definition) is 3. The maximum Gasteiger partial charge on any atom is 0.769 e. The van der Waals surface area contributed by atoms with E-state index in [1.54, 1.807) is 0 Å². The normalized spacial score (nSPS) is 12.4. The van der Waals surface area contributed by atoms with E-state index in [4.69, 9.17) is 32.1 Å². The highest BCUT2D eigenvalue weighted by Crippen LogP contribution is 2.29. The van der Waals surface area contributed by atoms with Crippen molar-refractivity contribution in [3.8, 4) is 0 Å². The molecule has 0 bridgehead atoms. The van der Waals surface area contributed by atoms with Gasteiger partial charge >= 0.3 is 9.17 Å². The van der Waals surface area contributed by atoms with Gasteiger partial charge in [-0.1, -0.05) is 50.9 Å². The summed E-state index contributed by atoms with van der Waals surface area (Å²) in [6.45, 7) is 7.50. The molecule has 0 amide bonds. The van der Waals surface area contributed by atoms with E-state index in [1.165, 1.54) is 0 Å². The lowest BCUT2D eigenvalue weighted by molar-refractivity contribution is 0.0382. The quantitative estimate of drug-likeness (QED) is 0.501. The highest BCUT2D eigenvalue weighted by molar-refractivity contribution is 6.33. The second kappa shape index (κ2) is 6.82. The molecule has 0 aliphatic rings. The summed E-state index contributed by atoms with van der Waals surface area (Å²) < 4.78 is 22.2. The Morgan fingerprint density at radius 2 is 1.12 bits per heavy atom. The minimum absolute atomic E-state index is 0.568. The van der Waals surface area contributed by atoms with Crippen LogP contribution in [-0.4, -0.2) is 19.3 Å². The molecule has 0 aromatic rings. The van der Waals surface area contributed by atoms with E-state index in [0.717, 1.165) is 0 Å². The van der Waals surface area contributed by atoms with E-state index in [1.807, 2.05) is 27.7 Å². The fraction of sp³-hybridized carbons (Fsp3) is 1.00. The first-order valence-corrected chi connectivity index (χ1v) is 7.62. The molecule has 0 fully saturated rings. The summed E-state index contributed by atoms with van der Waals surface area (Å²) >= 11 is 12.2. The molecule has 0 spiro atoms. The van der Waals surface area contributed by atoms with E-state index in [2.05, 4.69) is 0 Å². The van der Waals surface area contributed by atoms with Crippen LogP contribution in [0.2, 0.25) is 0 Å². The predicted molar refractivity (Wildman–Crippen MR) is 66.9 cm³/mol. The molecule has 0 aromatic heterocycles. The molecule has 96 valence electrons. The minimum atomic E-state index is -2.67. The average Bonchev–Trinajstić information content (AvgIpc) is 2.28. The lowest BCUT2D eigenvalue weighted by Crippen LogP contribution is -2.36. The Kier molecular flexibility index (Phi) is 6.90. The van der Waals surface area contributed by atoms with Gasteiger partial charge in [0.2, 0.25) is 0 Å². The molecule has 0 aliphatic carbocycles. The van der Waals surface area contributed by atoms with E-state index in [0.29, 0.717) is 25.7 Å². The fourth-order valence-corrected chi connectivity index (χ4v) is 2.70. The summed E-state index contributed by atoms with van der Waals surface area (Å²) in [7, 11) is -2.67. The Bertz CT molecular complexity index is 206. The summed E-state index contributed by atoms with van der Waals surface area (Å²) in [5.41, 5.74) is 0. The largest absolute Gasteiger partial charge is 0.769 e. The smallest absolute Gasteiger partial charge is 0.477 e. The second-order valence-corrected chi connectivity index (χ2v) is 5.92. The van der Waals surface area contributed by atoms with Crippen molar-refractivity contribution in [1.29, 1.82) is 0 Å². The molecule has 0 aromatic carbocycles. The van der Waals surface area contributed by atoms with Crippen LogP contribution in [0.15, 0.2) is 0 Å². The molecule has 0 rings (SSSR count). The zero-order valence-corrected chi connectivity index (χ0v) is 12.8. The molecule has 0 radical (unpaired) electrons. The Morgan fingerprint density at radius 3 is 1.31 bits per heavy atom. The van der Waals surface area contributed by atoms with Crippen LogP contribution in [0.25, 0.3) is 0 Å². The first-order valence-electron chi connectivity index (χ1n) is 5.64. The maximum absolute atomic E-state index is 11.7. The summed E-state index contributed by atoms with van der Waals surface area (Å²) in [6, 6.07) is 0. The predicted octanol–water partition coefficient (Wildman–Crippen LogP) is 3.95. The van der Waals surface area contributed by atoms with Gasteiger partial charge < -0.3 is 8.85 Å². The Balaban J connectivity index is 4.38. The van der Waals surface area contributed by atoms with Gasteiger partial charge in [-0.3, -0.25) is 4.46 Å². The van der Waals surface area contributed by atoms with Crippen LogP contribution in [0.3, 0.4) is 0 Å². The standard InChI is InChI=1S/C10H20Cl2O3Si/c1-5-9(11,6-2)14-16(13)15-10(12,7-3)8-4/h5-8H2,1-4H3. The molecule has 6 heteroatoms. The maximum atomic E-state index is 11.7. The summed E-state index contributed by atoms with van der Waals surface area (Å²) in [5, 5.41) is -1.81. The molecular formula is C10H20Cl2O3Si. The van der Waals surface area contributed by atoms with Crippen LogP contribution >= 0.6 is 23.2 Å². The highest BCUT2D eigenvalue weighted by Gasteiger charge is 2.35. The monoisotopic (exact) mass is 286 g/mol. The van der Waals surface area contributed by atoms with Crippen LogP contribution in [-0.2, 0) is 13.3 Å². The van der Waals surface area contributed by atoms with E-state index in [9.17, 15) is 4.46 Å². The fourth-order valence-electron chi connectivity index (χ4n) is 1.11. The molecule has 3 nitrogen and oxygen atoms in total. The zero-order valence-electron chi connectivity index (χ0n) is 10.3. The molecule has 16 heavy (non-hydrogen) atoms. The summed E-state index contributed by atoms with van der Waals surface area (Å²) in [6.07, 6.45) is 2.27. The Labute approximate surface area is 109 Å². The SMILES string of the molecule is CCC(Cl)(CC)O[Si](=O)OC(Cl)(CC)CC. The average molecular weight is 287 g/mol. The molecule has 0 N–H and O–H groups in total. The summed E-state index contributed by atoms with van der Waals surface area (Å²) in [4.78, 5) is 0. The molecule has 0 heterocycles. The number of halogens is 2. The van der Waals surface area contributed by atoms with E-state index < -0.39 is 19.3 Å². The van der Waals surface area contributed by atoms with Crippen LogP contribution in [0.4, 0.5) is 0 Å². The third-order valence-corrected chi connectivity index (χ3v) is 5.24. The molecule has 0 unspecified atom stereocenters. The first-order chi connectivity index (χ1) is 7.34. The molecular weight excluding hydrogens is 267 g/mol. The van der Waals surface area contributed by atoms with Crippen molar-refractivity contribution in [1.82, 2.24) is 0 Å². The zero-order chi connectivity index (χ0) is 12.8. The van der Waals surface area contributed by atoms with E-state index >= 15 is 0 Å². The third-order valence-electron chi connectivity index (χ3n) is 2.64. The Hall–Kier alpha value is 0.197. The van der Waals surface area contributed by atoms with Gasteiger partial charge in [-0.05, 0) is 25.7 Å². The van der Waals surface area contributed by atoms with Gasteiger partial charge in [0.25, 0.3) is 0 Å². The van der Waals surface area contributed by atoms with Crippen LogP contribution in [0, 0.1) is 0 Å². The first kappa shape index (κ1) is 16.2. The molecule has 0 aliphatic heterocycles. The van der Waals surface area contributed by atoms with Gasteiger partial charge in [0.15, 0.2) is 10.1 Å². The van der Waals surface area contributed by atoms with Crippen molar-refractivity contribution >= 4 is 32.4 Å². The molecule has 0 saturated heterocycles. The van der Waals surface area contributed by atoms with Crippen molar-refractivity contribution in [3.05, 3.63) is 0 Å². The summed E-state index contributed by atoms with van der Waals surface area (Å²) in [5.74, 6) is 0.